The fraction of sp³-hybridized carbons (Fsp3) is 0.632. The van der Waals surface area contributed by atoms with Crippen LogP contribution < -0.4 is 10.2 Å². The Morgan fingerprint density at radius 1 is 1.15 bits per heavy atom. The molecule has 2 fully saturated rings. The summed E-state index contributed by atoms with van der Waals surface area (Å²) in [5.41, 5.74) is -0.482. The first-order valence-electron chi connectivity index (χ1n) is 9.41. The van der Waals surface area contributed by atoms with Crippen molar-refractivity contribution in [3.05, 3.63) is 23.9 Å². The van der Waals surface area contributed by atoms with E-state index in [1.54, 1.807) is 12.3 Å². The molecular weight excluding hydrogens is 334 g/mol. The number of carboxylic acids is 1. The predicted octanol–water partition coefficient (Wildman–Crippen LogP) is 2.07. The summed E-state index contributed by atoms with van der Waals surface area (Å²) >= 11 is 0. The number of carbonyl (C=O) groups is 2. The lowest BCUT2D eigenvalue weighted by atomic mass is 9.80. The summed E-state index contributed by atoms with van der Waals surface area (Å²) in [7, 11) is 0. The highest BCUT2D eigenvalue weighted by Gasteiger charge is 2.40. The third-order valence-corrected chi connectivity index (χ3v) is 5.43. The fourth-order valence-corrected chi connectivity index (χ4v) is 3.59. The van der Waals surface area contributed by atoms with E-state index in [0.717, 1.165) is 18.9 Å². The van der Waals surface area contributed by atoms with Crippen LogP contribution in [0.25, 0.3) is 0 Å². The van der Waals surface area contributed by atoms with E-state index in [1.165, 1.54) is 25.7 Å². The maximum absolute atomic E-state index is 12.4. The zero-order valence-corrected chi connectivity index (χ0v) is 15.1. The summed E-state index contributed by atoms with van der Waals surface area (Å²) in [6, 6.07) is 3.64. The molecule has 0 atom stereocenters. The molecule has 0 aromatic carbocycles. The molecule has 0 bridgehead atoms. The van der Waals surface area contributed by atoms with Crippen molar-refractivity contribution in [3.8, 4) is 0 Å². The van der Waals surface area contributed by atoms with Gasteiger partial charge in [-0.2, -0.15) is 0 Å². The van der Waals surface area contributed by atoms with E-state index in [9.17, 15) is 14.7 Å². The molecule has 2 N–H and O–H groups in total. The number of amides is 1. The topological polar surface area (TPSA) is 91.8 Å². The zero-order chi connectivity index (χ0) is 18.4. The van der Waals surface area contributed by atoms with E-state index in [1.807, 2.05) is 6.07 Å². The van der Waals surface area contributed by atoms with Gasteiger partial charge in [0.25, 0.3) is 5.91 Å². The van der Waals surface area contributed by atoms with Gasteiger partial charge in [-0.1, -0.05) is 12.8 Å². The SMILES string of the molecule is O=C(NCC1(C(=O)O)CCOCC1)c1ccc(N2CCCCCC2)nc1. The highest BCUT2D eigenvalue weighted by molar-refractivity contribution is 5.94. The van der Waals surface area contributed by atoms with Crippen molar-refractivity contribution in [3.63, 3.8) is 0 Å². The minimum absolute atomic E-state index is 0.110. The van der Waals surface area contributed by atoms with Crippen molar-refractivity contribution in [2.75, 3.05) is 37.7 Å². The fourth-order valence-electron chi connectivity index (χ4n) is 3.59. The lowest BCUT2D eigenvalue weighted by Crippen LogP contribution is -2.46. The molecule has 0 aliphatic carbocycles. The number of ether oxygens (including phenoxy) is 1. The molecule has 0 radical (unpaired) electrons. The van der Waals surface area contributed by atoms with Crippen LogP contribution >= 0.6 is 0 Å². The Bertz CT molecular complexity index is 618. The summed E-state index contributed by atoms with van der Waals surface area (Å²) in [6.07, 6.45) is 7.26. The van der Waals surface area contributed by atoms with Crippen LogP contribution in [0.2, 0.25) is 0 Å². The van der Waals surface area contributed by atoms with Crippen molar-refractivity contribution in [1.82, 2.24) is 10.3 Å². The van der Waals surface area contributed by atoms with E-state index in [4.69, 9.17) is 4.74 Å². The molecule has 1 amide bonds. The Hall–Kier alpha value is -2.15. The second-order valence-corrected chi connectivity index (χ2v) is 7.19. The monoisotopic (exact) mass is 361 g/mol. The van der Waals surface area contributed by atoms with Crippen molar-refractivity contribution in [2.45, 2.75) is 38.5 Å². The van der Waals surface area contributed by atoms with Crippen LogP contribution in [0, 0.1) is 5.41 Å². The van der Waals surface area contributed by atoms with Gasteiger partial charge >= 0.3 is 5.97 Å². The maximum atomic E-state index is 12.4. The first-order valence-corrected chi connectivity index (χ1v) is 9.41. The molecule has 2 saturated heterocycles. The van der Waals surface area contributed by atoms with Gasteiger partial charge in [0, 0.05) is 39.0 Å². The summed E-state index contributed by atoms with van der Waals surface area (Å²) < 4.78 is 5.26. The number of hydrogen-bond acceptors (Lipinski definition) is 5. The Labute approximate surface area is 153 Å². The number of nitrogens with zero attached hydrogens (tertiary/aromatic N) is 2. The smallest absolute Gasteiger partial charge is 0.311 e. The summed E-state index contributed by atoms with van der Waals surface area (Å²) in [5, 5.41) is 12.3. The number of carbonyl (C=O) groups excluding carboxylic acids is 1. The molecule has 142 valence electrons. The third kappa shape index (κ3) is 4.33. The van der Waals surface area contributed by atoms with Crippen LogP contribution in [0.3, 0.4) is 0 Å². The molecule has 0 spiro atoms. The zero-order valence-electron chi connectivity index (χ0n) is 15.1. The molecule has 26 heavy (non-hydrogen) atoms. The van der Waals surface area contributed by atoms with E-state index in [-0.39, 0.29) is 12.5 Å². The number of nitrogens with one attached hydrogen (secondary N) is 1. The average Bonchev–Trinajstić information content (AvgIpc) is 2.96. The molecular formula is C19H27N3O4. The Kier molecular flexibility index (Phi) is 6.08. The summed E-state index contributed by atoms with van der Waals surface area (Å²) in [5.74, 6) is -0.266. The summed E-state index contributed by atoms with van der Waals surface area (Å²) in [4.78, 5) is 30.8. The number of pyridine rings is 1. The Balaban J connectivity index is 1.60. The number of rotatable bonds is 5. The van der Waals surface area contributed by atoms with Gasteiger partial charge in [-0.05, 0) is 37.8 Å². The third-order valence-electron chi connectivity index (χ3n) is 5.43. The quantitative estimate of drug-likeness (QED) is 0.834. The maximum Gasteiger partial charge on any atom is 0.311 e. The van der Waals surface area contributed by atoms with Crippen LogP contribution in [0.4, 0.5) is 5.82 Å². The predicted molar refractivity (Wildman–Crippen MR) is 97.4 cm³/mol. The van der Waals surface area contributed by atoms with E-state index in [2.05, 4.69) is 15.2 Å². The van der Waals surface area contributed by atoms with Gasteiger partial charge in [0.05, 0.1) is 11.0 Å². The average molecular weight is 361 g/mol. The lowest BCUT2D eigenvalue weighted by molar-refractivity contribution is -0.154. The molecule has 2 aliphatic rings. The molecule has 3 heterocycles. The number of carboxylic acid groups (broad SMARTS) is 1. The Morgan fingerprint density at radius 3 is 2.42 bits per heavy atom. The van der Waals surface area contributed by atoms with Gasteiger partial charge in [-0.3, -0.25) is 9.59 Å². The van der Waals surface area contributed by atoms with E-state index >= 15 is 0 Å². The minimum atomic E-state index is -0.937. The highest BCUT2D eigenvalue weighted by Crippen LogP contribution is 2.30. The Morgan fingerprint density at radius 2 is 1.85 bits per heavy atom. The normalized spacial score (nSPS) is 20.2. The van der Waals surface area contributed by atoms with Crippen molar-refractivity contribution < 1.29 is 19.4 Å². The van der Waals surface area contributed by atoms with Crippen LogP contribution in [0.1, 0.15) is 48.9 Å². The molecule has 0 saturated carbocycles. The minimum Gasteiger partial charge on any atom is -0.481 e. The molecule has 1 aromatic heterocycles. The van der Waals surface area contributed by atoms with Gasteiger partial charge in [0.15, 0.2) is 0 Å². The van der Waals surface area contributed by atoms with Gasteiger partial charge in [-0.25, -0.2) is 4.98 Å². The standard InChI is InChI=1S/C19H27N3O4/c23-17(21-14-19(18(24)25)7-11-26-12-8-19)15-5-6-16(20-13-15)22-9-3-1-2-4-10-22/h5-6,13H,1-4,7-12,14H2,(H,21,23)(H,24,25). The first-order chi connectivity index (χ1) is 12.6. The van der Waals surface area contributed by atoms with Gasteiger partial charge < -0.3 is 20.1 Å². The van der Waals surface area contributed by atoms with Crippen molar-refractivity contribution in [2.24, 2.45) is 5.41 Å². The van der Waals surface area contributed by atoms with Crippen LogP contribution in [-0.2, 0) is 9.53 Å². The largest absolute Gasteiger partial charge is 0.481 e. The van der Waals surface area contributed by atoms with E-state index < -0.39 is 11.4 Å². The van der Waals surface area contributed by atoms with Crippen LogP contribution in [-0.4, -0.2) is 54.8 Å². The molecule has 3 rings (SSSR count). The molecule has 7 nitrogen and oxygen atoms in total. The molecule has 7 heteroatoms. The van der Waals surface area contributed by atoms with Crippen molar-refractivity contribution >= 4 is 17.7 Å². The van der Waals surface area contributed by atoms with Crippen LogP contribution in [0.15, 0.2) is 18.3 Å². The molecule has 1 aromatic rings. The molecule has 0 unspecified atom stereocenters. The number of hydrogen-bond donors (Lipinski definition) is 2. The first kappa shape index (κ1) is 18.6. The van der Waals surface area contributed by atoms with Gasteiger partial charge in [-0.15, -0.1) is 0 Å². The van der Waals surface area contributed by atoms with Crippen molar-refractivity contribution in [1.29, 1.82) is 0 Å². The highest BCUT2D eigenvalue weighted by atomic mass is 16.5. The van der Waals surface area contributed by atoms with Gasteiger partial charge in [0.2, 0.25) is 0 Å². The van der Waals surface area contributed by atoms with Crippen LogP contribution in [0.5, 0.6) is 0 Å². The van der Waals surface area contributed by atoms with E-state index in [0.29, 0.717) is 31.6 Å². The number of aromatic nitrogens is 1. The number of aliphatic carboxylic acids is 1. The summed E-state index contributed by atoms with van der Waals surface area (Å²) in [6.45, 7) is 2.93. The number of anilines is 1. The lowest BCUT2D eigenvalue weighted by Gasteiger charge is -2.33. The van der Waals surface area contributed by atoms with Gasteiger partial charge in [0.1, 0.15) is 5.82 Å². The second-order valence-electron chi connectivity index (χ2n) is 7.19. The molecule has 2 aliphatic heterocycles. The second kappa shape index (κ2) is 8.49.